The van der Waals surface area contributed by atoms with Gasteiger partial charge >= 0.3 is 6.18 Å². The van der Waals surface area contributed by atoms with E-state index in [0.717, 1.165) is 17.0 Å². The van der Waals surface area contributed by atoms with E-state index in [1.807, 2.05) is 0 Å². The Balaban J connectivity index is 1.30. The van der Waals surface area contributed by atoms with Gasteiger partial charge in [0, 0.05) is 12.3 Å². The lowest BCUT2D eigenvalue weighted by molar-refractivity contribution is -0.140. The van der Waals surface area contributed by atoms with Gasteiger partial charge in [-0.15, -0.1) is 0 Å². The molecule has 1 aromatic heterocycles. The zero-order valence-corrected chi connectivity index (χ0v) is 14.8. The third-order valence-corrected chi connectivity index (χ3v) is 4.72. The summed E-state index contributed by atoms with van der Waals surface area (Å²) in [5.74, 6) is -1.42. The Morgan fingerprint density at radius 1 is 1.07 bits per heavy atom. The van der Waals surface area contributed by atoms with Gasteiger partial charge in [-0.1, -0.05) is 12.1 Å². The van der Waals surface area contributed by atoms with Crippen LogP contribution in [0.5, 0.6) is 5.88 Å². The predicted molar refractivity (Wildman–Crippen MR) is 92.0 cm³/mol. The number of halogens is 3. The molecule has 2 aromatic rings. The van der Waals surface area contributed by atoms with Gasteiger partial charge in [-0.3, -0.25) is 19.3 Å². The van der Waals surface area contributed by atoms with Crippen LogP contribution < -0.4 is 4.74 Å². The molecule has 1 aromatic carbocycles. The van der Waals surface area contributed by atoms with Gasteiger partial charge in [-0.25, -0.2) is 4.98 Å². The van der Waals surface area contributed by atoms with E-state index in [9.17, 15) is 27.6 Å². The number of rotatable bonds is 4. The van der Waals surface area contributed by atoms with E-state index < -0.39 is 35.6 Å². The maximum Gasteiger partial charge on any atom is 0.417 e. The molecule has 0 N–H and O–H groups in total. The van der Waals surface area contributed by atoms with Crippen LogP contribution in [0.15, 0.2) is 42.6 Å². The van der Waals surface area contributed by atoms with Gasteiger partial charge in [-0.05, 0) is 18.2 Å². The maximum absolute atomic E-state index is 12.5. The van der Waals surface area contributed by atoms with E-state index >= 15 is 0 Å². The monoisotopic (exact) mass is 405 g/mol. The average Bonchev–Trinajstić information content (AvgIpc) is 2.89. The van der Waals surface area contributed by atoms with E-state index in [2.05, 4.69) is 4.98 Å². The second kappa shape index (κ2) is 6.87. The van der Waals surface area contributed by atoms with E-state index in [1.165, 1.54) is 17.0 Å². The largest absolute Gasteiger partial charge is 0.471 e. The molecule has 10 heteroatoms. The fraction of sp³-hybridized carbons (Fsp3) is 0.263. The third-order valence-electron chi connectivity index (χ3n) is 4.72. The van der Waals surface area contributed by atoms with Crippen molar-refractivity contribution in [3.8, 4) is 5.88 Å². The number of nitrogens with zero attached hydrogens (tertiary/aromatic N) is 3. The summed E-state index contributed by atoms with van der Waals surface area (Å²) in [6.07, 6.45) is -4.22. The van der Waals surface area contributed by atoms with Crippen molar-refractivity contribution in [3.05, 3.63) is 59.3 Å². The molecule has 1 fully saturated rings. The van der Waals surface area contributed by atoms with Crippen molar-refractivity contribution in [2.24, 2.45) is 0 Å². The van der Waals surface area contributed by atoms with Crippen LogP contribution in [0.25, 0.3) is 0 Å². The highest BCUT2D eigenvalue weighted by Crippen LogP contribution is 2.29. The fourth-order valence-electron chi connectivity index (χ4n) is 3.12. The molecule has 4 rings (SSSR count). The molecular formula is C19H14F3N3O4. The Labute approximate surface area is 162 Å². The molecule has 0 saturated carbocycles. The van der Waals surface area contributed by atoms with Crippen molar-refractivity contribution >= 4 is 17.7 Å². The van der Waals surface area contributed by atoms with Crippen LogP contribution in [0.3, 0.4) is 0 Å². The zero-order valence-electron chi connectivity index (χ0n) is 14.8. The summed E-state index contributed by atoms with van der Waals surface area (Å²) < 4.78 is 43.0. The Morgan fingerprint density at radius 2 is 1.69 bits per heavy atom. The van der Waals surface area contributed by atoms with Crippen molar-refractivity contribution < 1.29 is 32.3 Å². The highest BCUT2D eigenvalue weighted by molar-refractivity contribution is 6.22. The van der Waals surface area contributed by atoms with Gasteiger partial charge in [-0.2, -0.15) is 13.2 Å². The average molecular weight is 405 g/mol. The Hall–Kier alpha value is -3.43. The molecule has 1 saturated heterocycles. The molecule has 3 amide bonds. The minimum atomic E-state index is -4.48. The summed E-state index contributed by atoms with van der Waals surface area (Å²) in [5.41, 5.74) is -0.344. The Morgan fingerprint density at radius 3 is 2.21 bits per heavy atom. The number of amides is 3. The summed E-state index contributed by atoms with van der Waals surface area (Å²) in [6.45, 7) is -0.00694. The smallest absolute Gasteiger partial charge is 0.417 e. The molecule has 29 heavy (non-hydrogen) atoms. The van der Waals surface area contributed by atoms with Crippen LogP contribution in [-0.4, -0.2) is 58.2 Å². The van der Waals surface area contributed by atoms with Crippen LogP contribution in [-0.2, 0) is 11.0 Å². The summed E-state index contributed by atoms with van der Waals surface area (Å²) in [7, 11) is 0. The van der Waals surface area contributed by atoms with Gasteiger partial charge in [0.25, 0.3) is 11.8 Å². The highest BCUT2D eigenvalue weighted by atomic mass is 19.4. The molecule has 2 aliphatic rings. The number of carbonyl (C=O) groups is 3. The van der Waals surface area contributed by atoms with Crippen molar-refractivity contribution in [2.45, 2.75) is 12.3 Å². The predicted octanol–water partition coefficient (Wildman–Crippen LogP) is 1.99. The summed E-state index contributed by atoms with van der Waals surface area (Å²) in [6, 6.07) is 8.33. The van der Waals surface area contributed by atoms with E-state index in [-0.39, 0.29) is 36.6 Å². The third kappa shape index (κ3) is 3.53. The van der Waals surface area contributed by atoms with Crippen molar-refractivity contribution in [3.63, 3.8) is 0 Å². The first-order valence-corrected chi connectivity index (χ1v) is 8.67. The van der Waals surface area contributed by atoms with Gasteiger partial charge in [0.2, 0.25) is 11.8 Å². The number of pyridine rings is 1. The SMILES string of the molecule is O=C(CN1C(=O)c2ccccc2C1=O)N1CC(Oc2ccc(C(F)(F)F)cn2)C1. The highest BCUT2D eigenvalue weighted by Gasteiger charge is 2.39. The lowest BCUT2D eigenvalue weighted by Gasteiger charge is -2.39. The number of ether oxygens (including phenoxy) is 1. The van der Waals surface area contributed by atoms with Crippen molar-refractivity contribution in [1.82, 2.24) is 14.8 Å². The van der Waals surface area contributed by atoms with E-state index in [4.69, 9.17) is 4.74 Å². The van der Waals surface area contributed by atoms with Crippen LogP contribution in [0.1, 0.15) is 26.3 Å². The van der Waals surface area contributed by atoms with Crippen LogP contribution in [0, 0.1) is 0 Å². The first kappa shape index (κ1) is 18.9. The van der Waals surface area contributed by atoms with Gasteiger partial charge in [0.1, 0.15) is 12.6 Å². The van der Waals surface area contributed by atoms with Crippen LogP contribution in [0.2, 0.25) is 0 Å². The number of fused-ring (bicyclic) bond motifs is 1. The molecule has 2 aliphatic heterocycles. The standard InChI is InChI=1S/C19H14F3N3O4/c20-19(21,22)11-5-6-15(23-7-11)29-12-8-24(9-12)16(26)10-25-17(27)13-3-1-2-4-14(13)18(25)28/h1-7,12H,8-10H2. The lowest BCUT2D eigenvalue weighted by atomic mass is 10.1. The topological polar surface area (TPSA) is 79.8 Å². The summed E-state index contributed by atoms with van der Waals surface area (Å²) in [5, 5.41) is 0. The number of carbonyl (C=O) groups excluding carboxylic acids is 3. The molecule has 3 heterocycles. The fourth-order valence-corrected chi connectivity index (χ4v) is 3.12. The molecule has 0 radical (unpaired) electrons. The molecule has 0 atom stereocenters. The Kier molecular flexibility index (Phi) is 4.48. The first-order valence-electron chi connectivity index (χ1n) is 8.67. The maximum atomic E-state index is 12.5. The number of benzene rings is 1. The number of hydrogen-bond acceptors (Lipinski definition) is 5. The van der Waals surface area contributed by atoms with Crippen molar-refractivity contribution in [2.75, 3.05) is 19.6 Å². The molecular weight excluding hydrogens is 391 g/mol. The summed E-state index contributed by atoms with van der Waals surface area (Å²) in [4.78, 5) is 42.9. The molecule has 0 spiro atoms. The number of alkyl halides is 3. The van der Waals surface area contributed by atoms with Gasteiger partial charge < -0.3 is 9.64 Å². The minimum Gasteiger partial charge on any atom is -0.471 e. The Bertz CT molecular complexity index is 950. The zero-order chi connectivity index (χ0) is 20.8. The van der Waals surface area contributed by atoms with E-state index in [0.29, 0.717) is 6.20 Å². The second-order valence-corrected chi connectivity index (χ2v) is 6.66. The van der Waals surface area contributed by atoms with E-state index in [1.54, 1.807) is 12.1 Å². The molecule has 0 bridgehead atoms. The normalized spacial score (nSPS) is 16.7. The molecule has 0 aliphatic carbocycles. The van der Waals surface area contributed by atoms with Crippen LogP contribution in [0.4, 0.5) is 13.2 Å². The first-order chi connectivity index (χ1) is 13.7. The number of imide groups is 1. The molecule has 0 unspecified atom stereocenters. The lowest BCUT2D eigenvalue weighted by Crippen LogP contribution is -2.58. The molecule has 7 nitrogen and oxygen atoms in total. The number of aromatic nitrogens is 1. The number of likely N-dealkylation sites (tertiary alicyclic amines) is 1. The van der Waals surface area contributed by atoms with Crippen LogP contribution >= 0.6 is 0 Å². The summed E-state index contributed by atoms with van der Waals surface area (Å²) >= 11 is 0. The van der Waals surface area contributed by atoms with Crippen molar-refractivity contribution in [1.29, 1.82) is 0 Å². The minimum absolute atomic E-state index is 0.0236. The van der Waals surface area contributed by atoms with Gasteiger partial charge in [0.05, 0.1) is 29.8 Å². The number of hydrogen-bond donors (Lipinski definition) is 0. The van der Waals surface area contributed by atoms with Gasteiger partial charge in [0.15, 0.2) is 0 Å². The quantitative estimate of drug-likeness (QED) is 0.727. The second-order valence-electron chi connectivity index (χ2n) is 6.66. The molecule has 150 valence electrons.